The molecule has 1 fully saturated rings. The molecule has 1 aliphatic heterocycles. The number of carbonyl (C=O) groups excluding carboxylic acids is 1. The standard InChI is InChI=1S/C15H21N3O3/c1-3-8-16-13-5-4-9-17(15(13)19)12-6-7-14(18(20)21)11(2)10-12/h6-7,10,13,16H,3-5,8-9H2,1-2H3. The topological polar surface area (TPSA) is 75.5 Å². The Labute approximate surface area is 124 Å². The molecule has 1 amide bonds. The van der Waals surface area contributed by atoms with Gasteiger partial charge in [-0.15, -0.1) is 0 Å². The molecular formula is C15H21N3O3. The van der Waals surface area contributed by atoms with E-state index in [1.54, 1.807) is 24.0 Å². The zero-order valence-corrected chi connectivity index (χ0v) is 12.5. The molecule has 0 aliphatic carbocycles. The van der Waals surface area contributed by atoms with Crippen LogP contribution in [-0.4, -0.2) is 30.0 Å². The largest absolute Gasteiger partial charge is 0.311 e. The van der Waals surface area contributed by atoms with Crippen LogP contribution >= 0.6 is 0 Å². The summed E-state index contributed by atoms with van der Waals surface area (Å²) < 4.78 is 0. The van der Waals surface area contributed by atoms with Gasteiger partial charge in [-0.05, 0) is 44.9 Å². The fraction of sp³-hybridized carbons (Fsp3) is 0.533. The molecule has 1 heterocycles. The number of piperidine rings is 1. The number of carbonyl (C=O) groups is 1. The zero-order chi connectivity index (χ0) is 15.4. The van der Waals surface area contributed by atoms with Gasteiger partial charge in [0.25, 0.3) is 5.69 Å². The van der Waals surface area contributed by atoms with Crippen molar-refractivity contribution in [3.8, 4) is 0 Å². The molecule has 1 N–H and O–H groups in total. The molecular weight excluding hydrogens is 270 g/mol. The van der Waals surface area contributed by atoms with Gasteiger partial charge in [-0.2, -0.15) is 0 Å². The predicted octanol–water partition coefficient (Wildman–Crippen LogP) is 2.40. The lowest BCUT2D eigenvalue weighted by molar-refractivity contribution is -0.385. The summed E-state index contributed by atoms with van der Waals surface area (Å²) in [5.41, 5.74) is 1.41. The molecule has 6 heteroatoms. The lowest BCUT2D eigenvalue weighted by Gasteiger charge is -2.33. The first-order chi connectivity index (χ1) is 10.0. The molecule has 0 bridgehead atoms. The summed E-state index contributed by atoms with van der Waals surface area (Å²) in [6.45, 7) is 5.25. The highest BCUT2D eigenvalue weighted by Gasteiger charge is 2.29. The van der Waals surface area contributed by atoms with Crippen LogP contribution in [0.4, 0.5) is 11.4 Å². The summed E-state index contributed by atoms with van der Waals surface area (Å²) in [4.78, 5) is 24.7. The molecule has 0 radical (unpaired) electrons. The van der Waals surface area contributed by atoms with Crippen molar-refractivity contribution in [2.75, 3.05) is 18.0 Å². The van der Waals surface area contributed by atoms with Gasteiger partial charge in [0.15, 0.2) is 0 Å². The molecule has 0 spiro atoms. The first-order valence-electron chi connectivity index (χ1n) is 7.34. The predicted molar refractivity (Wildman–Crippen MR) is 81.5 cm³/mol. The van der Waals surface area contributed by atoms with Crippen molar-refractivity contribution in [3.05, 3.63) is 33.9 Å². The maximum Gasteiger partial charge on any atom is 0.272 e. The van der Waals surface area contributed by atoms with E-state index in [0.29, 0.717) is 12.1 Å². The van der Waals surface area contributed by atoms with E-state index >= 15 is 0 Å². The van der Waals surface area contributed by atoms with Crippen LogP contribution in [0.2, 0.25) is 0 Å². The number of amides is 1. The number of nitro groups is 1. The lowest BCUT2D eigenvalue weighted by Crippen LogP contribution is -2.51. The second-order valence-corrected chi connectivity index (χ2v) is 5.37. The molecule has 2 rings (SSSR count). The molecule has 1 aromatic carbocycles. The van der Waals surface area contributed by atoms with Gasteiger partial charge in [0.2, 0.25) is 5.91 Å². The third-order valence-corrected chi connectivity index (χ3v) is 3.77. The average molecular weight is 291 g/mol. The number of nitro benzene ring substituents is 1. The van der Waals surface area contributed by atoms with Crippen LogP contribution in [0, 0.1) is 17.0 Å². The van der Waals surface area contributed by atoms with Gasteiger partial charge in [-0.25, -0.2) is 0 Å². The van der Waals surface area contributed by atoms with E-state index in [0.717, 1.165) is 31.5 Å². The molecule has 1 aliphatic rings. The van der Waals surface area contributed by atoms with Crippen LogP contribution in [-0.2, 0) is 4.79 Å². The molecule has 114 valence electrons. The molecule has 1 atom stereocenters. The van der Waals surface area contributed by atoms with Crippen molar-refractivity contribution in [3.63, 3.8) is 0 Å². The monoisotopic (exact) mass is 291 g/mol. The maximum atomic E-state index is 12.5. The van der Waals surface area contributed by atoms with E-state index in [2.05, 4.69) is 12.2 Å². The van der Waals surface area contributed by atoms with Gasteiger partial charge in [-0.3, -0.25) is 14.9 Å². The Kier molecular flexibility index (Phi) is 4.90. The minimum Gasteiger partial charge on any atom is -0.311 e. The van der Waals surface area contributed by atoms with Gasteiger partial charge >= 0.3 is 0 Å². The van der Waals surface area contributed by atoms with Gasteiger partial charge < -0.3 is 10.2 Å². The van der Waals surface area contributed by atoms with Crippen molar-refractivity contribution >= 4 is 17.3 Å². The number of nitrogens with zero attached hydrogens (tertiary/aromatic N) is 2. The number of benzene rings is 1. The summed E-state index contributed by atoms with van der Waals surface area (Å²) in [7, 11) is 0. The number of anilines is 1. The SMILES string of the molecule is CCCNC1CCCN(c2ccc([N+](=O)[O-])c(C)c2)C1=O. The Morgan fingerprint density at radius 2 is 2.24 bits per heavy atom. The first-order valence-corrected chi connectivity index (χ1v) is 7.34. The number of nitrogens with one attached hydrogen (secondary N) is 1. The van der Waals surface area contributed by atoms with Crippen molar-refractivity contribution in [2.24, 2.45) is 0 Å². The average Bonchev–Trinajstić information content (AvgIpc) is 2.45. The molecule has 21 heavy (non-hydrogen) atoms. The summed E-state index contributed by atoms with van der Waals surface area (Å²) in [6, 6.07) is 4.71. The van der Waals surface area contributed by atoms with Crippen LogP contribution < -0.4 is 10.2 Å². The molecule has 0 aromatic heterocycles. The van der Waals surface area contributed by atoms with Gasteiger partial charge in [-0.1, -0.05) is 6.92 Å². The summed E-state index contributed by atoms with van der Waals surface area (Å²) in [5, 5.41) is 14.1. The normalized spacial score (nSPS) is 18.9. The fourth-order valence-electron chi connectivity index (χ4n) is 2.65. The highest BCUT2D eigenvalue weighted by molar-refractivity contribution is 5.98. The molecule has 0 saturated carbocycles. The first kappa shape index (κ1) is 15.4. The lowest BCUT2D eigenvalue weighted by atomic mass is 10.0. The second-order valence-electron chi connectivity index (χ2n) is 5.37. The Bertz CT molecular complexity index is 545. The summed E-state index contributed by atoms with van der Waals surface area (Å²) >= 11 is 0. The second kappa shape index (κ2) is 6.67. The van der Waals surface area contributed by atoms with Gasteiger partial charge in [0.1, 0.15) is 0 Å². The van der Waals surface area contributed by atoms with E-state index in [1.807, 2.05) is 0 Å². The van der Waals surface area contributed by atoms with Gasteiger partial charge in [0.05, 0.1) is 11.0 Å². The smallest absolute Gasteiger partial charge is 0.272 e. The number of aryl methyl sites for hydroxylation is 1. The quantitative estimate of drug-likeness (QED) is 0.667. The van der Waals surface area contributed by atoms with E-state index in [4.69, 9.17) is 0 Å². The van der Waals surface area contributed by atoms with Crippen LogP contribution in [0.3, 0.4) is 0 Å². The summed E-state index contributed by atoms with van der Waals surface area (Å²) in [5.74, 6) is 0.0583. The van der Waals surface area contributed by atoms with Crippen molar-refractivity contribution in [1.82, 2.24) is 5.32 Å². The Morgan fingerprint density at radius 3 is 2.86 bits per heavy atom. The highest BCUT2D eigenvalue weighted by Crippen LogP contribution is 2.27. The van der Waals surface area contributed by atoms with E-state index in [-0.39, 0.29) is 17.6 Å². The Balaban J connectivity index is 2.18. The van der Waals surface area contributed by atoms with Crippen LogP contribution in [0.5, 0.6) is 0 Å². The van der Waals surface area contributed by atoms with Crippen molar-refractivity contribution < 1.29 is 9.72 Å². The van der Waals surface area contributed by atoms with Crippen molar-refractivity contribution in [1.29, 1.82) is 0 Å². The molecule has 1 aromatic rings. The van der Waals surface area contributed by atoms with Crippen LogP contribution in [0.1, 0.15) is 31.7 Å². The highest BCUT2D eigenvalue weighted by atomic mass is 16.6. The maximum absolute atomic E-state index is 12.5. The molecule has 1 saturated heterocycles. The van der Waals surface area contributed by atoms with Crippen LogP contribution in [0.15, 0.2) is 18.2 Å². The number of hydrogen-bond acceptors (Lipinski definition) is 4. The summed E-state index contributed by atoms with van der Waals surface area (Å²) in [6.07, 6.45) is 2.77. The van der Waals surface area contributed by atoms with E-state index < -0.39 is 4.92 Å². The third kappa shape index (κ3) is 3.39. The Morgan fingerprint density at radius 1 is 1.48 bits per heavy atom. The van der Waals surface area contributed by atoms with E-state index in [9.17, 15) is 14.9 Å². The number of hydrogen-bond donors (Lipinski definition) is 1. The zero-order valence-electron chi connectivity index (χ0n) is 12.5. The fourth-order valence-corrected chi connectivity index (χ4v) is 2.65. The van der Waals surface area contributed by atoms with Crippen molar-refractivity contribution in [2.45, 2.75) is 39.2 Å². The third-order valence-electron chi connectivity index (χ3n) is 3.77. The van der Waals surface area contributed by atoms with E-state index in [1.165, 1.54) is 6.07 Å². The van der Waals surface area contributed by atoms with Crippen LogP contribution in [0.25, 0.3) is 0 Å². The molecule has 1 unspecified atom stereocenters. The minimum atomic E-state index is -0.400. The minimum absolute atomic E-state index is 0.0583. The number of rotatable bonds is 5. The van der Waals surface area contributed by atoms with Gasteiger partial charge in [0, 0.05) is 23.9 Å². The molecule has 6 nitrogen and oxygen atoms in total. The Hall–Kier alpha value is -1.95.